The van der Waals surface area contributed by atoms with Crippen LogP contribution in [0, 0.1) is 10.6 Å². The van der Waals surface area contributed by atoms with E-state index in [0.717, 1.165) is 12.1 Å². The summed E-state index contributed by atoms with van der Waals surface area (Å²) in [5.74, 6) is -2.30. The molecule has 3 aromatic rings. The molecule has 0 spiro atoms. The summed E-state index contributed by atoms with van der Waals surface area (Å²) in [6, 6.07) is 9.36. The molecule has 1 heterocycles. The van der Waals surface area contributed by atoms with E-state index in [1.165, 1.54) is 36.6 Å². The van der Waals surface area contributed by atoms with E-state index < -0.39 is 44.6 Å². The van der Waals surface area contributed by atoms with Gasteiger partial charge in [-0.15, -0.1) is 0 Å². The fourth-order valence-corrected chi connectivity index (χ4v) is 3.60. The van der Waals surface area contributed by atoms with Gasteiger partial charge in [0.2, 0.25) is 5.88 Å². The molecule has 4 N–H and O–H groups in total. The number of rotatable bonds is 9. The second-order valence-corrected chi connectivity index (χ2v) is 9.74. The Morgan fingerprint density at radius 2 is 1.92 bits per heavy atom. The van der Waals surface area contributed by atoms with Gasteiger partial charge >= 0.3 is 6.18 Å². The molecule has 0 saturated heterocycles. The summed E-state index contributed by atoms with van der Waals surface area (Å²) in [5, 5.41) is 2.40. The lowest BCUT2D eigenvalue weighted by atomic mass is 10.1. The van der Waals surface area contributed by atoms with Crippen LogP contribution in [0.15, 0.2) is 59.6 Å². The minimum absolute atomic E-state index is 0.0580. The van der Waals surface area contributed by atoms with Gasteiger partial charge in [-0.1, -0.05) is 6.07 Å². The SMILES string of the molecule is C[S@@](=N)(=O)c1cccc(NC(=O)c2cc(C(F)(F)F)cnc2Oc2ccc(F)cc2OCCCN)c1. The van der Waals surface area contributed by atoms with Crippen LogP contribution in [0.2, 0.25) is 0 Å². The first kappa shape index (κ1) is 26.9. The van der Waals surface area contributed by atoms with Crippen molar-refractivity contribution in [2.75, 3.05) is 24.7 Å². The number of aromatic nitrogens is 1. The van der Waals surface area contributed by atoms with Crippen molar-refractivity contribution in [1.29, 1.82) is 4.78 Å². The quantitative estimate of drug-likeness (QED) is 0.265. The van der Waals surface area contributed by atoms with Gasteiger partial charge in [0.1, 0.15) is 11.4 Å². The molecule has 36 heavy (non-hydrogen) atoms. The fraction of sp³-hybridized carbons (Fsp3) is 0.217. The van der Waals surface area contributed by atoms with Crippen LogP contribution in [0.5, 0.6) is 17.4 Å². The third-order valence-corrected chi connectivity index (χ3v) is 5.84. The van der Waals surface area contributed by atoms with Crippen molar-refractivity contribution < 1.29 is 36.0 Å². The first-order valence-corrected chi connectivity index (χ1v) is 12.4. The highest BCUT2D eigenvalue weighted by Gasteiger charge is 2.33. The van der Waals surface area contributed by atoms with E-state index in [-0.39, 0.29) is 28.7 Å². The molecule has 0 aliphatic carbocycles. The molecule has 8 nitrogen and oxygen atoms in total. The number of pyridine rings is 1. The van der Waals surface area contributed by atoms with Gasteiger partial charge in [-0.05, 0) is 49.4 Å². The second kappa shape index (κ2) is 10.9. The highest BCUT2D eigenvalue weighted by atomic mass is 32.2. The van der Waals surface area contributed by atoms with Gasteiger partial charge < -0.3 is 20.5 Å². The summed E-state index contributed by atoms with van der Waals surface area (Å²) in [4.78, 5) is 16.8. The molecule has 0 unspecified atom stereocenters. The predicted octanol–water partition coefficient (Wildman–Crippen LogP) is 5.05. The summed E-state index contributed by atoms with van der Waals surface area (Å²) < 4.78 is 84.5. The van der Waals surface area contributed by atoms with Crippen LogP contribution in [-0.4, -0.2) is 34.5 Å². The van der Waals surface area contributed by atoms with Crippen molar-refractivity contribution in [3.8, 4) is 17.4 Å². The van der Waals surface area contributed by atoms with Gasteiger partial charge in [-0.2, -0.15) is 13.2 Å². The van der Waals surface area contributed by atoms with E-state index in [4.69, 9.17) is 20.0 Å². The highest BCUT2D eigenvalue weighted by Crippen LogP contribution is 2.36. The number of alkyl halides is 3. The summed E-state index contributed by atoms with van der Waals surface area (Å²) in [6.07, 6.45) is -2.67. The van der Waals surface area contributed by atoms with Crippen molar-refractivity contribution in [2.24, 2.45) is 5.73 Å². The van der Waals surface area contributed by atoms with E-state index in [0.29, 0.717) is 25.2 Å². The Bertz CT molecular complexity index is 1360. The number of hydrogen-bond acceptors (Lipinski definition) is 7. The molecule has 0 saturated carbocycles. The maximum Gasteiger partial charge on any atom is 0.417 e. The van der Waals surface area contributed by atoms with Crippen LogP contribution in [0.3, 0.4) is 0 Å². The molecule has 192 valence electrons. The first-order valence-electron chi connectivity index (χ1n) is 10.4. The lowest BCUT2D eigenvalue weighted by Gasteiger charge is -2.16. The maximum absolute atomic E-state index is 13.7. The van der Waals surface area contributed by atoms with E-state index in [9.17, 15) is 26.6 Å². The van der Waals surface area contributed by atoms with E-state index in [2.05, 4.69) is 10.3 Å². The lowest BCUT2D eigenvalue weighted by molar-refractivity contribution is -0.137. The minimum Gasteiger partial charge on any atom is -0.490 e. The molecular weight excluding hydrogens is 504 g/mol. The van der Waals surface area contributed by atoms with Crippen LogP contribution in [0.1, 0.15) is 22.3 Å². The summed E-state index contributed by atoms with van der Waals surface area (Å²) in [7, 11) is -3.11. The topological polar surface area (TPSA) is 127 Å². The molecule has 13 heteroatoms. The largest absolute Gasteiger partial charge is 0.490 e. The predicted molar refractivity (Wildman–Crippen MR) is 124 cm³/mol. The number of nitrogens with zero attached hydrogens (tertiary/aromatic N) is 1. The average molecular weight is 527 g/mol. The van der Waals surface area contributed by atoms with Crippen molar-refractivity contribution in [3.63, 3.8) is 0 Å². The molecule has 3 rings (SSSR count). The van der Waals surface area contributed by atoms with E-state index >= 15 is 0 Å². The number of ether oxygens (including phenoxy) is 2. The van der Waals surface area contributed by atoms with Crippen LogP contribution in [0.4, 0.5) is 23.2 Å². The van der Waals surface area contributed by atoms with Crippen molar-refractivity contribution >= 4 is 21.3 Å². The summed E-state index contributed by atoms with van der Waals surface area (Å²) >= 11 is 0. The Hall–Kier alpha value is -3.71. The maximum atomic E-state index is 13.7. The van der Waals surface area contributed by atoms with Crippen LogP contribution >= 0.6 is 0 Å². The number of nitrogens with two attached hydrogens (primary N) is 1. The second-order valence-electron chi connectivity index (χ2n) is 7.58. The van der Waals surface area contributed by atoms with Crippen molar-refractivity contribution in [1.82, 2.24) is 4.98 Å². The molecular formula is C23H22F4N4O4S. The van der Waals surface area contributed by atoms with Crippen molar-refractivity contribution in [2.45, 2.75) is 17.5 Å². The fourth-order valence-electron chi connectivity index (χ4n) is 2.91. The van der Waals surface area contributed by atoms with Gasteiger partial charge in [0.05, 0.1) is 21.9 Å². The number of anilines is 1. The number of carbonyl (C=O) groups excluding carboxylic acids is 1. The monoisotopic (exact) mass is 526 g/mol. The Morgan fingerprint density at radius 3 is 2.58 bits per heavy atom. The molecule has 1 amide bonds. The van der Waals surface area contributed by atoms with Gasteiger partial charge in [-0.25, -0.2) is 18.4 Å². The van der Waals surface area contributed by atoms with Crippen LogP contribution in [0.25, 0.3) is 0 Å². The van der Waals surface area contributed by atoms with E-state index in [1.807, 2.05) is 0 Å². The Kier molecular flexibility index (Phi) is 8.15. The Morgan fingerprint density at radius 1 is 1.17 bits per heavy atom. The lowest BCUT2D eigenvalue weighted by Crippen LogP contribution is -2.16. The molecule has 1 aromatic heterocycles. The highest BCUT2D eigenvalue weighted by molar-refractivity contribution is 7.91. The number of hydrogen-bond donors (Lipinski definition) is 3. The molecule has 1 atom stereocenters. The average Bonchev–Trinajstić information content (AvgIpc) is 2.80. The molecule has 0 aliphatic rings. The van der Waals surface area contributed by atoms with Gasteiger partial charge in [0.15, 0.2) is 11.5 Å². The van der Waals surface area contributed by atoms with E-state index in [1.54, 1.807) is 0 Å². The number of amides is 1. The van der Waals surface area contributed by atoms with Gasteiger partial charge in [0.25, 0.3) is 5.91 Å². The third kappa shape index (κ3) is 6.92. The van der Waals surface area contributed by atoms with Crippen LogP contribution in [-0.2, 0) is 15.9 Å². The first-order chi connectivity index (χ1) is 16.9. The van der Waals surface area contributed by atoms with Crippen molar-refractivity contribution in [3.05, 3.63) is 71.7 Å². The number of halogens is 4. The summed E-state index contributed by atoms with van der Waals surface area (Å²) in [5.41, 5.74) is 3.75. The zero-order valence-electron chi connectivity index (χ0n) is 18.9. The Balaban J connectivity index is 1.99. The normalized spacial score (nSPS) is 13.1. The number of carbonyl (C=O) groups is 1. The zero-order chi connectivity index (χ0) is 26.5. The summed E-state index contributed by atoms with van der Waals surface area (Å²) in [6.45, 7) is 0.432. The van der Waals surface area contributed by atoms with Crippen LogP contribution < -0.4 is 20.5 Å². The molecule has 0 fully saturated rings. The standard InChI is InChI=1S/C23H22F4N4O4S/c1-36(29,33)17-5-2-4-16(12-17)31-21(32)18-10-14(23(25,26)27)13-30-22(18)35-19-7-6-15(24)11-20(19)34-9-3-8-28/h2,4-7,10-13,29H,3,8-9,28H2,1H3,(H,31,32)/t36-/m1/s1. The Labute approximate surface area is 204 Å². The van der Waals surface area contributed by atoms with Gasteiger partial charge in [0, 0.05) is 29.1 Å². The minimum atomic E-state index is -4.80. The number of nitrogens with one attached hydrogen (secondary N) is 2. The van der Waals surface area contributed by atoms with Gasteiger partial charge in [-0.3, -0.25) is 4.79 Å². The molecule has 2 aromatic carbocycles. The molecule has 0 radical (unpaired) electrons. The smallest absolute Gasteiger partial charge is 0.417 e. The molecule has 0 bridgehead atoms. The number of benzene rings is 2. The third-order valence-electron chi connectivity index (χ3n) is 4.68. The molecule has 0 aliphatic heterocycles. The zero-order valence-corrected chi connectivity index (χ0v) is 19.7.